The van der Waals surface area contributed by atoms with Crippen molar-refractivity contribution >= 4 is 27.0 Å². The number of unbranched alkanes of at least 4 members (excludes halogenated alkanes) is 1. The molecule has 0 saturated carbocycles. The molecule has 33 heavy (non-hydrogen) atoms. The number of sulfonamides is 1. The van der Waals surface area contributed by atoms with E-state index in [1.54, 1.807) is 12.1 Å². The van der Waals surface area contributed by atoms with Crippen molar-refractivity contribution in [2.45, 2.75) is 50.2 Å². The molecular weight excluding hydrogens is 461 g/mol. The summed E-state index contributed by atoms with van der Waals surface area (Å²) in [6, 6.07) is 4.76. The third-order valence-electron chi connectivity index (χ3n) is 5.55. The first kappa shape index (κ1) is 25.4. The molecule has 2 aromatic rings. The van der Waals surface area contributed by atoms with Crippen molar-refractivity contribution in [3.63, 3.8) is 0 Å². The number of benzene rings is 1. The number of hydrogen-bond donors (Lipinski definition) is 0. The average molecular weight is 491 g/mol. The highest BCUT2D eigenvalue weighted by Crippen LogP contribution is 2.25. The van der Waals surface area contributed by atoms with Crippen molar-refractivity contribution in [2.75, 3.05) is 39.9 Å². The van der Waals surface area contributed by atoms with Gasteiger partial charge in [0.15, 0.2) is 0 Å². The van der Waals surface area contributed by atoms with Gasteiger partial charge in [0.1, 0.15) is 12.4 Å². The topological polar surface area (TPSA) is 84.7 Å². The highest BCUT2D eigenvalue weighted by molar-refractivity contribution is 7.89. The zero-order chi connectivity index (χ0) is 24.2. The summed E-state index contributed by atoms with van der Waals surface area (Å²) in [6.07, 6.45) is -2.67. The van der Waals surface area contributed by atoms with E-state index in [4.69, 9.17) is 4.74 Å². The van der Waals surface area contributed by atoms with Gasteiger partial charge in [0, 0.05) is 39.5 Å². The van der Waals surface area contributed by atoms with Gasteiger partial charge >= 0.3 is 6.18 Å². The number of halogens is 3. The van der Waals surface area contributed by atoms with Crippen molar-refractivity contribution < 1.29 is 31.1 Å². The Morgan fingerprint density at radius 2 is 1.94 bits per heavy atom. The number of ether oxygens (including phenoxy) is 1. The quantitative estimate of drug-likeness (QED) is 0.540. The van der Waals surface area contributed by atoms with Gasteiger partial charge in [0.05, 0.1) is 29.1 Å². The molecule has 0 N–H and O–H groups in total. The molecule has 8 nitrogen and oxygen atoms in total. The van der Waals surface area contributed by atoms with E-state index in [1.807, 2.05) is 11.5 Å². The normalized spacial score (nSPS) is 15.8. The maximum atomic E-state index is 13.0. The summed E-state index contributed by atoms with van der Waals surface area (Å²) in [5, 5.41) is 0. The summed E-state index contributed by atoms with van der Waals surface area (Å²) in [7, 11) is -2.57. The number of carbonyl (C=O) groups excluding carboxylic acids is 1. The molecule has 0 atom stereocenters. The minimum absolute atomic E-state index is 0.124. The molecule has 3 rings (SSSR count). The van der Waals surface area contributed by atoms with Gasteiger partial charge in [-0.1, -0.05) is 13.3 Å². The molecule has 0 aliphatic carbocycles. The van der Waals surface area contributed by atoms with Gasteiger partial charge in [-0.2, -0.15) is 17.5 Å². The molecule has 2 heterocycles. The molecule has 12 heteroatoms. The van der Waals surface area contributed by atoms with Crippen LogP contribution in [0.3, 0.4) is 0 Å². The Balaban J connectivity index is 1.85. The van der Waals surface area contributed by atoms with Crippen LogP contribution >= 0.6 is 0 Å². The first-order valence-corrected chi connectivity index (χ1v) is 12.3. The van der Waals surface area contributed by atoms with E-state index in [-0.39, 0.29) is 30.8 Å². The lowest BCUT2D eigenvalue weighted by molar-refractivity contribution is -0.158. The van der Waals surface area contributed by atoms with Gasteiger partial charge in [-0.25, -0.2) is 13.4 Å². The molecule has 1 fully saturated rings. The van der Waals surface area contributed by atoms with Crippen LogP contribution in [-0.2, 0) is 32.5 Å². The second-order valence-electron chi connectivity index (χ2n) is 8.07. The third kappa shape index (κ3) is 6.24. The number of alkyl halides is 3. The fraction of sp³-hybridized carbons (Fsp3) is 0.619. The summed E-state index contributed by atoms with van der Waals surface area (Å²) in [5.74, 6) is -0.0786. The Morgan fingerprint density at radius 1 is 1.24 bits per heavy atom. The monoisotopic (exact) mass is 490 g/mol. The van der Waals surface area contributed by atoms with Crippen LogP contribution in [0.15, 0.2) is 23.1 Å². The molecule has 1 aromatic carbocycles. The first-order valence-electron chi connectivity index (χ1n) is 10.9. The third-order valence-corrected chi connectivity index (χ3v) is 7.44. The molecule has 1 saturated heterocycles. The Hall–Kier alpha value is -2.18. The fourth-order valence-electron chi connectivity index (χ4n) is 3.78. The number of carbonyl (C=O) groups is 1. The van der Waals surface area contributed by atoms with E-state index in [0.29, 0.717) is 36.0 Å². The predicted octanol–water partition coefficient (Wildman–Crippen LogP) is 2.81. The van der Waals surface area contributed by atoms with E-state index in [2.05, 4.69) is 4.98 Å². The summed E-state index contributed by atoms with van der Waals surface area (Å²) in [4.78, 5) is 17.5. The first-order chi connectivity index (χ1) is 15.5. The van der Waals surface area contributed by atoms with Crippen LogP contribution in [0.25, 0.3) is 11.0 Å². The number of morpholine rings is 1. The number of aromatic nitrogens is 2. The lowest BCUT2D eigenvalue weighted by atomic mass is 10.2. The van der Waals surface area contributed by atoms with E-state index in [1.165, 1.54) is 10.4 Å². The summed E-state index contributed by atoms with van der Waals surface area (Å²) >= 11 is 0. The molecule has 0 bridgehead atoms. The minimum atomic E-state index is -4.46. The smallest absolute Gasteiger partial charge is 0.379 e. The Labute approximate surface area is 191 Å². The number of nitrogens with zero attached hydrogens (tertiary/aromatic N) is 4. The highest BCUT2D eigenvalue weighted by atomic mass is 32.2. The molecule has 184 valence electrons. The van der Waals surface area contributed by atoms with Gasteiger partial charge < -0.3 is 14.2 Å². The maximum absolute atomic E-state index is 13.0. The van der Waals surface area contributed by atoms with Crippen LogP contribution in [0.2, 0.25) is 0 Å². The van der Waals surface area contributed by atoms with Crippen molar-refractivity contribution in [3.05, 3.63) is 24.0 Å². The molecule has 1 aliphatic heterocycles. The van der Waals surface area contributed by atoms with E-state index in [9.17, 15) is 26.4 Å². The molecular formula is C21H29F3N4O4S. The van der Waals surface area contributed by atoms with Crippen LogP contribution in [0.1, 0.15) is 32.0 Å². The Kier molecular flexibility index (Phi) is 8.01. The van der Waals surface area contributed by atoms with Crippen LogP contribution in [-0.4, -0.2) is 79.2 Å². The van der Waals surface area contributed by atoms with Crippen LogP contribution in [0.4, 0.5) is 13.2 Å². The summed E-state index contributed by atoms with van der Waals surface area (Å²) < 4.78 is 72.2. The summed E-state index contributed by atoms with van der Waals surface area (Å²) in [6.45, 7) is 2.59. The number of amides is 1. The van der Waals surface area contributed by atoms with Crippen LogP contribution in [0, 0.1) is 0 Å². The van der Waals surface area contributed by atoms with E-state index in [0.717, 1.165) is 25.4 Å². The second-order valence-corrected chi connectivity index (χ2v) is 10.0. The van der Waals surface area contributed by atoms with Gasteiger partial charge in [-0.3, -0.25) is 4.79 Å². The zero-order valence-electron chi connectivity index (χ0n) is 18.8. The van der Waals surface area contributed by atoms with E-state index < -0.39 is 28.7 Å². The van der Waals surface area contributed by atoms with Crippen LogP contribution in [0.5, 0.6) is 0 Å². The van der Waals surface area contributed by atoms with Crippen molar-refractivity contribution in [2.24, 2.45) is 0 Å². The highest BCUT2D eigenvalue weighted by Gasteiger charge is 2.31. The summed E-state index contributed by atoms with van der Waals surface area (Å²) in [5.41, 5.74) is 1.21. The number of hydrogen-bond acceptors (Lipinski definition) is 5. The van der Waals surface area contributed by atoms with Gasteiger partial charge in [0.25, 0.3) is 0 Å². The number of aryl methyl sites for hydroxylation is 2. The molecule has 1 amide bonds. The molecule has 1 aromatic heterocycles. The average Bonchev–Trinajstić information content (AvgIpc) is 3.12. The van der Waals surface area contributed by atoms with Gasteiger partial charge in [-0.15, -0.1) is 0 Å². The Bertz CT molecular complexity index is 1080. The maximum Gasteiger partial charge on any atom is 0.406 e. The molecule has 1 aliphatic rings. The zero-order valence-corrected chi connectivity index (χ0v) is 19.6. The van der Waals surface area contributed by atoms with E-state index >= 15 is 0 Å². The molecule has 0 spiro atoms. The van der Waals surface area contributed by atoms with Crippen molar-refractivity contribution in [1.82, 2.24) is 18.8 Å². The standard InChI is InChI=1S/C21H29F3N4O4S/c1-3-4-9-28-18-6-5-16(33(30,31)27-10-12-32-13-11-27)14-17(18)25-19(28)7-8-20(29)26(2)15-21(22,23)24/h5-6,14H,3-4,7-13,15H2,1-2H3. The van der Waals surface area contributed by atoms with Crippen molar-refractivity contribution in [3.8, 4) is 0 Å². The molecule has 0 unspecified atom stereocenters. The lowest BCUT2D eigenvalue weighted by Gasteiger charge is -2.26. The number of fused-ring (bicyclic) bond motifs is 1. The van der Waals surface area contributed by atoms with Crippen molar-refractivity contribution in [1.29, 1.82) is 0 Å². The largest absolute Gasteiger partial charge is 0.406 e. The predicted molar refractivity (Wildman–Crippen MR) is 116 cm³/mol. The molecule has 0 radical (unpaired) electrons. The second kappa shape index (κ2) is 10.4. The van der Waals surface area contributed by atoms with Gasteiger partial charge in [-0.05, 0) is 24.6 Å². The minimum Gasteiger partial charge on any atom is -0.379 e. The van der Waals surface area contributed by atoms with Crippen LogP contribution < -0.4 is 0 Å². The fourth-order valence-corrected chi connectivity index (χ4v) is 5.21. The Morgan fingerprint density at radius 3 is 2.58 bits per heavy atom. The SMILES string of the molecule is CCCCn1c(CCC(=O)N(C)CC(F)(F)F)nc2cc(S(=O)(=O)N3CCOCC3)ccc21. The number of imidazole rings is 1. The van der Waals surface area contributed by atoms with Gasteiger partial charge in [0.2, 0.25) is 15.9 Å². The number of rotatable bonds is 9. The lowest BCUT2D eigenvalue weighted by Crippen LogP contribution is -2.40.